The molecule has 0 fully saturated rings. The van der Waals surface area contributed by atoms with Gasteiger partial charge in [-0.05, 0) is 6.92 Å². The molecule has 0 aliphatic heterocycles. The first-order chi connectivity index (χ1) is 6.68. The van der Waals surface area contributed by atoms with E-state index in [-0.39, 0.29) is 11.5 Å². The molecular formula is C8H7FN4O. The summed E-state index contributed by atoms with van der Waals surface area (Å²) in [6.07, 6.45) is 3.11. The zero-order chi connectivity index (χ0) is 10.1. The Morgan fingerprint density at radius 1 is 1.43 bits per heavy atom. The van der Waals surface area contributed by atoms with Crippen molar-refractivity contribution >= 4 is 0 Å². The first-order valence-electron chi connectivity index (χ1n) is 3.94. The molecule has 0 aliphatic rings. The Hall–Kier alpha value is -1.98. The van der Waals surface area contributed by atoms with Gasteiger partial charge in [0, 0.05) is 12.4 Å². The average molecular weight is 194 g/mol. The van der Waals surface area contributed by atoms with Gasteiger partial charge in [-0.2, -0.15) is 4.39 Å². The molecule has 2 N–H and O–H groups in total. The summed E-state index contributed by atoms with van der Waals surface area (Å²) in [5, 5.41) is 0. The number of halogens is 1. The molecule has 2 aromatic heterocycles. The van der Waals surface area contributed by atoms with Gasteiger partial charge in [0.1, 0.15) is 0 Å². The Balaban J connectivity index is 2.63. The molecule has 5 nitrogen and oxygen atoms in total. The lowest BCUT2D eigenvalue weighted by Crippen LogP contribution is -2.15. The highest BCUT2D eigenvalue weighted by molar-refractivity contribution is 5.42. The molecule has 0 spiro atoms. The summed E-state index contributed by atoms with van der Waals surface area (Å²) in [4.78, 5) is 23.8. The Kier molecular flexibility index (Phi) is 1.88. The zero-order valence-electron chi connectivity index (χ0n) is 7.34. The van der Waals surface area contributed by atoms with Crippen LogP contribution < -0.4 is 5.56 Å². The van der Waals surface area contributed by atoms with Gasteiger partial charge >= 0.3 is 0 Å². The zero-order valence-corrected chi connectivity index (χ0v) is 7.34. The van der Waals surface area contributed by atoms with Gasteiger partial charge in [0.25, 0.3) is 5.56 Å². The fourth-order valence-corrected chi connectivity index (χ4v) is 1.08. The molecule has 0 saturated carbocycles. The number of H-pyrrole nitrogens is 2. The van der Waals surface area contributed by atoms with Crippen LogP contribution in [0.25, 0.3) is 11.6 Å². The van der Waals surface area contributed by atoms with Gasteiger partial charge in [-0.15, -0.1) is 0 Å². The lowest BCUT2D eigenvalue weighted by atomic mass is 10.4. The molecule has 6 heteroatoms. The van der Waals surface area contributed by atoms with Crippen LogP contribution >= 0.6 is 0 Å². The highest BCUT2D eigenvalue weighted by atomic mass is 19.1. The predicted molar refractivity (Wildman–Crippen MR) is 47.1 cm³/mol. The van der Waals surface area contributed by atoms with E-state index in [2.05, 4.69) is 19.9 Å². The van der Waals surface area contributed by atoms with Gasteiger partial charge < -0.3 is 9.97 Å². The molecule has 0 atom stereocenters. The van der Waals surface area contributed by atoms with E-state index in [1.165, 1.54) is 13.1 Å². The predicted octanol–water partition coefficient (Wildman–Crippen LogP) is 0.608. The van der Waals surface area contributed by atoms with Crippen molar-refractivity contribution in [3.05, 3.63) is 34.3 Å². The Morgan fingerprint density at radius 2 is 2.21 bits per heavy atom. The van der Waals surface area contributed by atoms with Crippen molar-refractivity contribution in [1.29, 1.82) is 0 Å². The van der Waals surface area contributed by atoms with Gasteiger partial charge in [0.15, 0.2) is 11.6 Å². The van der Waals surface area contributed by atoms with Crippen LogP contribution in [0.1, 0.15) is 5.69 Å². The summed E-state index contributed by atoms with van der Waals surface area (Å²) < 4.78 is 12.9. The molecule has 0 radical (unpaired) electrons. The average Bonchev–Trinajstić information content (AvgIpc) is 2.66. The van der Waals surface area contributed by atoms with Crippen molar-refractivity contribution in [1.82, 2.24) is 19.9 Å². The number of aromatic nitrogens is 4. The molecule has 2 heterocycles. The molecule has 0 amide bonds. The molecule has 0 bridgehead atoms. The number of nitrogens with one attached hydrogen (secondary N) is 2. The van der Waals surface area contributed by atoms with Gasteiger partial charge in [-0.25, -0.2) is 9.97 Å². The number of aromatic amines is 2. The van der Waals surface area contributed by atoms with Crippen molar-refractivity contribution in [3.63, 3.8) is 0 Å². The fourth-order valence-electron chi connectivity index (χ4n) is 1.08. The second kappa shape index (κ2) is 3.06. The van der Waals surface area contributed by atoms with Crippen molar-refractivity contribution < 1.29 is 4.39 Å². The Labute approximate surface area is 78.0 Å². The van der Waals surface area contributed by atoms with Gasteiger partial charge in [-0.1, -0.05) is 0 Å². The van der Waals surface area contributed by atoms with Crippen molar-refractivity contribution in [3.8, 4) is 11.6 Å². The van der Waals surface area contributed by atoms with E-state index >= 15 is 0 Å². The SMILES string of the molecule is Cc1nc(-c2ncc[nH]2)[nH]c(=O)c1F. The van der Waals surface area contributed by atoms with E-state index in [1.807, 2.05) is 0 Å². The molecule has 2 aromatic rings. The topological polar surface area (TPSA) is 74.4 Å². The first kappa shape index (κ1) is 8.61. The minimum absolute atomic E-state index is 0.0557. The third kappa shape index (κ3) is 1.30. The van der Waals surface area contributed by atoms with Crippen LogP contribution in [-0.4, -0.2) is 19.9 Å². The summed E-state index contributed by atoms with van der Waals surface area (Å²) in [5.74, 6) is -0.218. The lowest BCUT2D eigenvalue weighted by Gasteiger charge is -1.98. The summed E-state index contributed by atoms with van der Waals surface area (Å²) in [6.45, 7) is 1.43. The van der Waals surface area contributed by atoms with Gasteiger partial charge in [-0.3, -0.25) is 4.79 Å². The lowest BCUT2D eigenvalue weighted by molar-refractivity contribution is 0.589. The van der Waals surface area contributed by atoms with Crippen molar-refractivity contribution in [2.24, 2.45) is 0 Å². The number of hydrogen-bond acceptors (Lipinski definition) is 3. The summed E-state index contributed by atoms with van der Waals surface area (Å²) in [5.41, 5.74) is -0.732. The molecular weight excluding hydrogens is 187 g/mol. The fraction of sp³-hybridized carbons (Fsp3) is 0.125. The van der Waals surface area contributed by atoms with E-state index < -0.39 is 11.4 Å². The van der Waals surface area contributed by atoms with Crippen LogP contribution in [0.2, 0.25) is 0 Å². The molecule has 72 valence electrons. The van der Waals surface area contributed by atoms with Crippen LogP contribution in [0.3, 0.4) is 0 Å². The molecule has 0 unspecified atom stereocenters. The van der Waals surface area contributed by atoms with Crippen molar-refractivity contribution in [2.45, 2.75) is 6.92 Å². The number of nitrogens with zero attached hydrogens (tertiary/aromatic N) is 2. The quantitative estimate of drug-likeness (QED) is 0.698. The molecule has 0 aliphatic carbocycles. The molecule has 14 heavy (non-hydrogen) atoms. The van der Waals surface area contributed by atoms with E-state index in [9.17, 15) is 9.18 Å². The van der Waals surface area contributed by atoms with E-state index in [4.69, 9.17) is 0 Å². The van der Waals surface area contributed by atoms with E-state index in [0.717, 1.165) is 0 Å². The Bertz CT molecular complexity index is 503. The third-order valence-corrected chi connectivity index (χ3v) is 1.75. The third-order valence-electron chi connectivity index (χ3n) is 1.75. The number of hydrogen-bond donors (Lipinski definition) is 2. The first-order valence-corrected chi connectivity index (χ1v) is 3.94. The van der Waals surface area contributed by atoms with Crippen LogP contribution in [0.4, 0.5) is 4.39 Å². The summed E-state index contributed by atoms with van der Waals surface area (Å²) >= 11 is 0. The number of aryl methyl sites for hydroxylation is 1. The van der Waals surface area contributed by atoms with E-state index in [1.54, 1.807) is 6.20 Å². The largest absolute Gasteiger partial charge is 0.342 e. The maximum Gasteiger partial charge on any atom is 0.287 e. The van der Waals surface area contributed by atoms with Crippen LogP contribution in [0.15, 0.2) is 17.2 Å². The number of rotatable bonds is 1. The monoisotopic (exact) mass is 194 g/mol. The van der Waals surface area contributed by atoms with Crippen LogP contribution in [0.5, 0.6) is 0 Å². The summed E-state index contributed by atoms with van der Waals surface area (Å²) in [6, 6.07) is 0. The minimum atomic E-state index is -0.861. The summed E-state index contributed by atoms with van der Waals surface area (Å²) in [7, 11) is 0. The van der Waals surface area contributed by atoms with Gasteiger partial charge in [0.05, 0.1) is 5.69 Å². The Morgan fingerprint density at radius 3 is 2.79 bits per heavy atom. The highest BCUT2D eigenvalue weighted by Gasteiger charge is 2.09. The molecule has 0 aromatic carbocycles. The van der Waals surface area contributed by atoms with E-state index in [0.29, 0.717) is 5.82 Å². The normalized spacial score (nSPS) is 10.4. The maximum absolute atomic E-state index is 12.9. The second-order valence-corrected chi connectivity index (χ2v) is 2.75. The second-order valence-electron chi connectivity index (χ2n) is 2.75. The van der Waals surface area contributed by atoms with Crippen LogP contribution in [-0.2, 0) is 0 Å². The maximum atomic E-state index is 12.9. The van der Waals surface area contributed by atoms with Gasteiger partial charge in [0.2, 0.25) is 5.82 Å². The molecule has 2 rings (SSSR count). The van der Waals surface area contributed by atoms with Crippen LogP contribution in [0, 0.1) is 12.7 Å². The standard InChI is InChI=1S/C8H7FN4O/c1-4-5(9)8(14)13-7(12-4)6-10-2-3-11-6/h2-3H,1H3,(H,10,11)(H,12,13,14). The molecule has 0 saturated heterocycles. The van der Waals surface area contributed by atoms with Crippen molar-refractivity contribution in [2.75, 3.05) is 0 Å². The minimum Gasteiger partial charge on any atom is -0.342 e. The number of imidazole rings is 1. The smallest absolute Gasteiger partial charge is 0.287 e. The highest BCUT2D eigenvalue weighted by Crippen LogP contribution is 2.07.